The second-order valence-corrected chi connectivity index (χ2v) is 5.87. The van der Waals surface area contributed by atoms with Crippen LogP contribution in [0.15, 0.2) is 28.9 Å². The standard InChI is InChI=1S/C15H11BrN2O4/c1-7-3-4-10-8(5-7)9(6-18(10)15(21)22)11-12(16)14(20)17(2)13(11)19/h3-6H,1-2H3,(H,21,22). The average molecular weight is 363 g/mol. The van der Waals surface area contributed by atoms with Gasteiger partial charge < -0.3 is 5.11 Å². The topological polar surface area (TPSA) is 79.6 Å². The molecule has 112 valence electrons. The fourth-order valence-electron chi connectivity index (χ4n) is 2.54. The maximum absolute atomic E-state index is 12.3. The molecule has 1 aromatic heterocycles. The predicted molar refractivity (Wildman–Crippen MR) is 83.7 cm³/mol. The Bertz CT molecular complexity index is 894. The molecule has 1 aliphatic heterocycles. The van der Waals surface area contributed by atoms with E-state index in [0.717, 1.165) is 15.0 Å². The van der Waals surface area contributed by atoms with Crippen LogP contribution in [0.1, 0.15) is 11.1 Å². The van der Waals surface area contributed by atoms with Crippen molar-refractivity contribution >= 4 is 50.3 Å². The molecule has 0 bridgehead atoms. The number of fused-ring (bicyclic) bond motifs is 1. The van der Waals surface area contributed by atoms with Gasteiger partial charge >= 0.3 is 6.09 Å². The molecular formula is C15H11BrN2O4. The third-order valence-electron chi connectivity index (χ3n) is 3.67. The number of carboxylic acid groups (broad SMARTS) is 1. The van der Waals surface area contributed by atoms with Crippen molar-refractivity contribution in [3.05, 3.63) is 40.0 Å². The summed E-state index contributed by atoms with van der Waals surface area (Å²) in [6, 6.07) is 5.28. The number of hydrogen-bond acceptors (Lipinski definition) is 3. The monoisotopic (exact) mass is 362 g/mol. The average Bonchev–Trinajstić information content (AvgIpc) is 2.92. The van der Waals surface area contributed by atoms with Crippen molar-refractivity contribution < 1.29 is 19.5 Å². The Morgan fingerprint density at radius 2 is 1.91 bits per heavy atom. The maximum Gasteiger partial charge on any atom is 0.416 e. The Hall–Kier alpha value is -2.41. The largest absolute Gasteiger partial charge is 0.464 e. The predicted octanol–water partition coefficient (Wildman–Crippen LogP) is 2.58. The first-order valence-electron chi connectivity index (χ1n) is 6.40. The molecule has 22 heavy (non-hydrogen) atoms. The van der Waals surface area contributed by atoms with Crippen LogP contribution in [0.5, 0.6) is 0 Å². The number of halogens is 1. The zero-order valence-electron chi connectivity index (χ0n) is 11.8. The van der Waals surface area contributed by atoms with Crippen LogP contribution in [0.4, 0.5) is 4.79 Å². The third-order valence-corrected chi connectivity index (χ3v) is 4.40. The quantitative estimate of drug-likeness (QED) is 0.790. The third kappa shape index (κ3) is 1.89. The fourth-order valence-corrected chi connectivity index (χ4v) is 3.19. The highest BCUT2D eigenvalue weighted by molar-refractivity contribution is 9.12. The zero-order valence-corrected chi connectivity index (χ0v) is 13.3. The summed E-state index contributed by atoms with van der Waals surface area (Å²) in [6.45, 7) is 1.87. The Labute approximate surface area is 133 Å². The van der Waals surface area contributed by atoms with Gasteiger partial charge in [-0.3, -0.25) is 19.1 Å². The Morgan fingerprint density at radius 1 is 1.23 bits per heavy atom. The minimum atomic E-state index is -1.15. The molecular weight excluding hydrogens is 352 g/mol. The summed E-state index contributed by atoms with van der Waals surface area (Å²) in [6.07, 6.45) is 0.217. The van der Waals surface area contributed by atoms with E-state index in [4.69, 9.17) is 0 Å². The lowest BCUT2D eigenvalue weighted by atomic mass is 10.0. The molecule has 1 aliphatic rings. The van der Waals surface area contributed by atoms with Gasteiger partial charge in [-0.1, -0.05) is 11.6 Å². The van der Waals surface area contributed by atoms with Crippen LogP contribution >= 0.6 is 15.9 Å². The summed E-state index contributed by atoms with van der Waals surface area (Å²) >= 11 is 3.15. The molecule has 2 heterocycles. The van der Waals surface area contributed by atoms with E-state index in [1.54, 1.807) is 18.2 Å². The van der Waals surface area contributed by atoms with Crippen LogP contribution < -0.4 is 0 Å². The molecule has 0 saturated heterocycles. The van der Waals surface area contributed by atoms with E-state index in [2.05, 4.69) is 15.9 Å². The van der Waals surface area contributed by atoms with E-state index in [-0.39, 0.29) is 10.1 Å². The second kappa shape index (κ2) is 4.81. The van der Waals surface area contributed by atoms with Gasteiger partial charge in [0, 0.05) is 24.2 Å². The van der Waals surface area contributed by atoms with E-state index in [9.17, 15) is 19.5 Å². The maximum atomic E-state index is 12.3. The number of benzene rings is 1. The first kappa shape index (κ1) is 14.5. The first-order chi connectivity index (χ1) is 10.3. The van der Waals surface area contributed by atoms with Crippen molar-refractivity contribution in [3.63, 3.8) is 0 Å². The van der Waals surface area contributed by atoms with Crippen molar-refractivity contribution in [1.82, 2.24) is 9.47 Å². The molecule has 0 atom stereocenters. The number of amides is 2. The molecule has 3 rings (SSSR count). The van der Waals surface area contributed by atoms with Crippen LogP contribution in [0.2, 0.25) is 0 Å². The SMILES string of the molecule is Cc1ccc2c(c1)c(C1=C(Br)C(=O)N(C)C1=O)cn2C(=O)O. The Kier molecular flexibility index (Phi) is 3.17. The van der Waals surface area contributed by atoms with Crippen molar-refractivity contribution in [1.29, 1.82) is 0 Å². The molecule has 0 spiro atoms. The van der Waals surface area contributed by atoms with Crippen LogP contribution in [-0.4, -0.2) is 39.5 Å². The second-order valence-electron chi connectivity index (χ2n) is 5.07. The van der Waals surface area contributed by atoms with E-state index in [0.29, 0.717) is 16.5 Å². The van der Waals surface area contributed by atoms with E-state index in [1.165, 1.54) is 13.2 Å². The van der Waals surface area contributed by atoms with Crippen LogP contribution in [-0.2, 0) is 9.59 Å². The lowest BCUT2D eigenvalue weighted by molar-refractivity contribution is -0.134. The normalized spacial score (nSPS) is 15.3. The summed E-state index contributed by atoms with van der Waals surface area (Å²) in [5, 5.41) is 9.93. The smallest absolute Gasteiger partial charge is 0.416 e. The van der Waals surface area contributed by atoms with Gasteiger partial charge in [-0.05, 0) is 35.0 Å². The van der Waals surface area contributed by atoms with Gasteiger partial charge in [-0.2, -0.15) is 0 Å². The number of aromatic nitrogens is 1. The molecule has 2 amide bonds. The summed E-state index contributed by atoms with van der Waals surface area (Å²) in [4.78, 5) is 36.6. The van der Waals surface area contributed by atoms with Crippen LogP contribution in [0.25, 0.3) is 16.5 Å². The molecule has 0 unspecified atom stereocenters. The van der Waals surface area contributed by atoms with Gasteiger partial charge in [0.2, 0.25) is 0 Å². The molecule has 1 aromatic carbocycles. The van der Waals surface area contributed by atoms with Gasteiger partial charge in [0.1, 0.15) is 0 Å². The van der Waals surface area contributed by atoms with Crippen LogP contribution in [0.3, 0.4) is 0 Å². The van der Waals surface area contributed by atoms with Crippen molar-refractivity contribution in [2.45, 2.75) is 6.92 Å². The molecule has 6 nitrogen and oxygen atoms in total. The van der Waals surface area contributed by atoms with Crippen molar-refractivity contribution in [2.75, 3.05) is 7.05 Å². The first-order valence-corrected chi connectivity index (χ1v) is 7.19. The summed E-state index contributed by atoms with van der Waals surface area (Å²) in [7, 11) is 1.39. The Balaban J connectivity index is 2.37. The lowest BCUT2D eigenvalue weighted by Crippen LogP contribution is -2.26. The number of carbonyl (C=O) groups excluding carboxylic acids is 2. The van der Waals surface area contributed by atoms with Gasteiger partial charge in [0.05, 0.1) is 15.6 Å². The lowest BCUT2D eigenvalue weighted by Gasteiger charge is -2.05. The number of imide groups is 1. The van der Waals surface area contributed by atoms with Gasteiger partial charge in [-0.25, -0.2) is 4.79 Å². The van der Waals surface area contributed by atoms with Gasteiger partial charge in [-0.15, -0.1) is 0 Å². The molecule has 2 aromatic rings. The zero-order chi connectivity index (χ0) is 16.2. The van der Waals surface area contributed by atoms with E-state index in [1.807, 2.05) is 6.92 Å². The molecule has 0 saturated carbocycles. The minimum absolute atomic E-state index is 0.144. The summed E-state index contributed by atoms with van der Waals surface area (Å²) < 4.78 is 1.19. The molecule has 1 N–H and O–H groups in total. The molecule has 0 fully saturated rings. The van der Waals surface area contributed by atoms with Crippen molar-refractivity contribution in [3.8, 4) is 0 Å². The number of rotatable bonds is 1. The summed E-state index contributed by atoms with van der Waals surface area (Å²) in [5.74, 6) is -0.897. The van der Waals surface area contributed by atoms with E-state index < -0.39 is 17.9 Å². The number of carbonyl (C=O) groups is 3. The highest BCUT2D eigenvalue weighted by Crippen LogP contribution is 2.36. The molecule has 0 aliphatic carbocycles. The Morgan fingerprint density at radius 3 is 2.45 bits per heavy atom. The van der Waals surface area contributed by atoms with Gasteiger partial charge in [0.15, 0.2) is 0 Å². The van der Waals surface area contributed by atoms with Crippen molar-refractivity contribution in [2.24, 2.45) is 0 Å². The number of nitrogens with zero attached hydrogens (tertiary/aromatic N) is 2. The molecule has 7 heteroatoms. The van der Waals surface area contributed by atoms with Crippen LogP contribution in [0, 0.1) is 6.92 Å². The molecule has 0 radical (unpaired) electrons. The van der Waals surface area contributed by atoms with E-state index >= 15 is 0 Å². The number of hydrogen-bond donors (Lipinski definition) is 1. The highest BCUT2D eigenvalue weighted by atomic mass is 79.9. The summed E-state index contributed by atoms with van der Waals surface area (Å²) in [5.41, 5.74) is 2.01. The highest BCUT2D eigenvalue weighted by Gasteiger charge is 2.36. The van der Waals surface area contributed by atoms with Gasteiger partial charge in [0.25, 0.3) is 11.8 Å². The number of likely N-dealkylation sites (N-methyl/N-ethyl adjacent to an activating group) is 1. The number of aryl methyl sites for hydroxylation is 1. The fraction of sp³-hybridized carbons (Fsp3) is 0.133. The minimum Gasteiger partial charge on any atom is -0.464 e.